The molecular weight excluding hydrogens is 231 g/mol. The second-order valence-electron chi connectivity index (χ2n) is 2.50. The summed E-state index contributed by atoms with van der Waals surface area (Å²) in [5.74, 6) is -1.82. The number of aliphatic hydroxyl groups excluding tert-OH is 1. The number of carbonyl (C=O) groups is 1. The highest BCUT2D eigenvalue weighted by Crippen LogP contribution is 2.40. The van der Waals surface area contributed by atoms with E-state index in [-0.39, 0.29) is 10.6 Å². The fourth-order valence-corrected chi connectivity index (χ4v) is 1.35. The van der Waals surface area contributed by atoms with Crippen LogP contribution in [0.15, 0.2) is 6.07 Å². The fourth-order valence-electron chi connectivity index (χ4n) is 0.896. The Bertz CT molecular complexity index is 389. The molecule has 0 aliphatic heterocycles. The highest BCUT2D eigenvalue weighted by atomic mass is 35.5. The molecule has 0 heterocycles. The lowest BCUT2D eigenvalue weighted by molar-refractivity contribution is 0.0901. The van der Waals surface area contributed by atoms with Crippen molar-refractivity contribution in [1.82, 2.24) is 0 Å². The van der Waals surface area contributed by atoms with Crippen molar-refractivity contribution in [3.05, 3.63) is 21.7 Å². The van der Waals surface area contributed by atoms with Gasteiger partial charge in [-0.2, -0.15) is 0 Å². The molecule has 3 N–H and O–H groups in total. The zero-order valence-corrected chi connectivity index (χ0v) is 8.30. The van der Waals surface area contributed by atoms with Crippen LogP contribution in [-0.2, 0) is 0 Å². The van der Waals surface area contributed by atoms with Crippen molar-refractivity contribution < 1.29 is 20.1 Å². The summed E-state index contributed by atoms with van der Waals surface area (Å²) in [5.41, 5.74) is -0.222. The van der Waals surface area contributed by atoms with E-state index in [1.807, 2.05) is 0 Å². The van der Waals surface area contributed by atoms with Crippen molar-refractivity contribution >= 4 is 29.0 Å². The second kappa shape index (κ2) is 4.04. The number of ketones is 1. The molecule has 0 aliphatic carbocycles. The van der Waals surface area contributed by atoms with Gasteiger partial charge in [-0.15, -0.1) is 0 Å². The fraction of sp³-hybridized carbons (Fsp3) is 0.125. The van der Waals surface area contributed by atoms with Gasteiger partial charge in [0.2, 0.25) is 0 Å². The molecule has 0 radical (unpaired) electrons. The zero-order chi connectivity index (χ0) is 10.9. The number of phenolic OH excluding ortho intramolecular Hbond substituents is 2. The summed E-state index contributed by atoms with van der Waals surface area (Å²) >= 11 is 11.0. The molecule has 0 amide bonds. The first-order valence-electron chi connectivity index (χ1n) is 3.53. The number of hydrogen-bond acceptors (Lipinski definition) is 4. The molecule has 0 aromatic heterocycles. The van der Waals surface area contributed by atoms with Gasteiger partial charge in [0.15, 0.2) is 11.5 Å². The summed E-state index contributed by atoms with van der Waals surface area (Å²) in [6, 6.07) is 1.04. The summed E-state index contributed by atoms with van der Waals surface area (Å²) < 4.78 is 0. The number of carbonyl (C=O) groups excluding carboxylic acids is 1. The third-order valence-electron chi connectivity index (χ3n) is 1.61. The summed E-state index contributed by atoms with van der Waals surface area (Å²) in [4.78, 5) is 11.0. The molecule has 76 valence electrons. The van der Waals surface area contributed by atoms with Crippen LogP contribution in [-0.4, -0.2) is 27.7 Å². The van der Waals surface area contributed by atoms with Crippen LogP contribution in [0.1, 0.15) is 10.4 Å². The number of aliphatic hydroxyl groups is 1. The number of hydrogen-bond donors (Lipinski definition) is 3. The van der Waals surface area contributed by atoms with Gasteiger partial charge in [-0.05, 0) is 6.07 Å². The van der Waals surface area contributed by atoms with Crippen LogP contribution in [0.3, 0.4) is 0 Å². The van der Waals surface area contributed by atoms with E-state index in [0.717, 1.165) is 6.07 Å². The van der Waals surface area contributed by atoms with Gasteiger partial charge in [0.25, 0.3) is 0 Å². The van der Waals surface area contributed by atoms with Gasteiger partial charge in [0.05, 0.1) is 10.6 Å². The minimum absolute atomic E-state index is 0.162. The minimum atomic E-state index is -0.773. The summed E-state index contributed by atoms with van der Waals surface area (Å²) in [7, 11) is 0. The Labute approximate surface area is 89.3 Å². The van der Waals surface area contributed by atoms with E-state index in [2.05, 4.69) is 0 Å². The Kier molecular flexibility index (Phi) is 3.21. The average Bonchev–Trinajstić information content (AvgIpc) is 2.19. The molecule has 0 spiro atoms. The summed E-state index contributed by atoms with van der Waals surface area (Å²) in [6.07, 6.45) is 0. The largest absolute Gasteiger partial charge is 0.505 e. The van der Waals surface area contributed by atoms with Gasteiger partial charge in [0.1, 0.15) is 17.4 Å². The van der Waals surface area contributed by atoms with Crippen molar-refractivity contribution in [2.75, 3.05) is 6.61 Å². The van der Waals surface area contributed by atoms with Crippen molar-refractivity contribution in [2.24, 2.45) is 0 Å². The molecule has 0 fully saturated rings. The quantitative estimate of drug-likeness (QED) is 0.682. The molecule has 0 saturated heterocycles. The number of halogens is 2. The minimum Gasteiger partial charge on any atom is -0.505 e. The molecule has 1 aromatic carbocycles. The monoisotopic (exact) mass is 236 g/mol. The van der Waals surface area contributed by atoms with Crippen molar-refractivity contribution in [2.45, 2.75) is 0 Å². The maximum atomic E-state index is 11.0. The highest BCUT2D eigenvalue weighted by molar-refractivity contribution is 6.38. The molecule has 1 rings (SSSR count). The first-order valence-corrected chi connectivity index (χ1v) is 4.28. The lowest BCUT2D eigenvalue weighted by Gasteiger charge is -2.06. The molecule has 6 heteroatoms. The maximum Gasteiger partial charge on any atom is 0.191 e. The Morgan fingerprint density at radius 3 is 2.36 bits per heavy atom. The van der Waals surface area contributed by atoms with Crippen LogP contribution in [0.2, 0.25) is 10.0 Å². The summed E-state index contributed by atoms with van der Waals surface area (Å²) in [6.45, 7) is -0.773. The Balaban J connectivity index is 3.40. The molecule has 14 heavy (non-hydrogen) atoms. The standard InChI is InChI=1S/C8H6Cl2O4/c9-4-1-3(5(12)2-11)7(13)6(10)8(4)14/h1,11,13-14H,2H2. The smallest absolute Gasteiger partial charge is 0.191 e. The SMILES string of the molecule is O=C(CO)c1cc(Cl)c(O)c(Cl)c1O. The topological polar surface area (TPSA) is 77.8 Å². The Morgan fingerprint density at radius 2 is 1.86 bits per heavy atom. The van der Waals surface area contributed by atoms with E-state index in [1.165, 1.54) is 0 Å². The molecule has 4 nitrogen and oxygen atoms in total. The highest BCUT2D eigenvalue weighted by Gasteiger charge is 2.18. The normalized spacial score (nSPS) is 10.2. The van der Waals surface area contributed by atoms with Gasteiger partial charge in [-0.25, -0.2) is 0 Å². The van der Waals surface area contributed by atoms with Gasteiger partial charge >= 0.3 is 0 Å². The third kappa shape index (κ3) is 1.77. The van der Waals surface area contributed by atoms with E-state index >= 15 is 0 Å². The van der Waals surface area contributed by atoms with E-state index in [0.29, 0.717) is 0 Å². The van der Waals surface area contributed by atoms with Crippen LogP contribution in [0.5, 0.6) is 11.5 Å². The van der Waals surface area contributed by atoms with Crippen LogP contribution in [0.4, 0.5) is 0 Å². The first-order chi connectivity index (χ1) is 6.49. The third-order valence-corrected chi connectivity index (χ3v) is 2.26. The lowest BCUT2D eigenvalue weighted by atomic mass is 10.1. The molecule has 0 unspecified atom stereocenters. The van der Waals surface area contributed by atoms with Crippen molar-refractivity contribution in [1.29, 1.82) is 0 Å². The van der Waals surface area contributed by atoms with Crippen LogP contribution >= 0.6 is 23.2 Å². The van der Waals surface area contributed by atoms with Crippen LogP contribution in [0.25, 0.3) is 0 Å². The van der Waals surface area contributed by atoms with E-state index in [1.54, 1.807) is 0 Å². The molecule has 0 atom stereocenters. The van der Waals surface area contributed by atoms with E-state index in [4.69, 9.17) is 33.4 Å². The van der Waals surface area contributed by atoms with Gasteiger partial charge in [0, 0.05) is 0 Å². The molecule has 1 aromatic rings. The zero-order valence-electron chi connectivity index (χ0n) is 6.79. The number of benzene rings is 1. The average molecular weight is 237 g/mol. The maximum absolute atomic E-state index is 11.0. The van der Waals surface area contributed by atoms with Crippen LogP contribution in [0, 0.1) is 0 Å². The number of rotatable bonds is 2. The molecule has 0 saturated carbocycles. The van der Waals surface area contributed by atoms with Crippen molar-refractivity contribution in [3.8, 4) is 11.5 Å². The first kappa shape index (κ1) is 11.1. The molecule has 0 bridgehead atoms. The number of Topliss-reactive ketones (excluding diaryl/α,β-unsaturated/α-hetero) is 1. The Morgan fingerprint density at radius 1 is 1.29 bits per heavy atom. The van der Waals surface area contributed by atoms with Gasteiger partial charge in [-0.1, -0.05) is 23.2 Å². The lowest BCUT2D eigenvalue weighted by Crippen LogP contribution is -2.04. The van der Waals surface area contributed by atoms with Gasteiger partial charge in [-0.3, -0.25) is 4.79 Å². The second-order valence-corrected chi connectivity index (χ2v) is 3.28. The summed E-state index contributed by atoms with van der Waals surface area (Å²) in [5, 5.41) is 26.5. The van der Waals surface area contributed by atoms with Gasteiger partial charge < -0.3 is 15.3 Å². The van der Waals surface area contributed by atoms with E-state index in [9.17, 15) is 9.90 Å². The van der Waals surface area contributed by atoms with Crippen molar-refractivity contribution in [3.63, 3.8) is 0 Å². The van der Waals surface area contributed by atoms with E-state index < -0.39 is 28.9 Å². The number of aromatic hydroxyl groups is 2. The predicted molar refractivity (Wildman–Crippen MR) is 51.2 cm³/mol. The molecular formula is C8H6Cl2O4. The molecule has 0 aliphatic rings. The predicted octanol–water partition coefficient (Wildman–Crippen LogP) is 1.58. The Hall–Kier alpha value is -0.970. The number of phenols is 2. The van der Waals surface area contributed by atoms with Crippen LogP contribution < -0.4 is 0 Å².